The minimum Gasteiger partial charge on any atom is -0.301 e. The summed E-state index contributed by atoms with van der Waals surface area (Å²) < 4.78 is 1.36. The number of hydrogen-bond acceptors (Lipinski definition) is 5. The Balaban J connectivity index is 1.59. The van der Waals surface area contributed by atoms with Gasteiger partial charge in [-0.3, -0.25) is 0 Å². The number of hydrogen-bond donors (Lipinski definition) is 0. The van der Waals surface area contributed by atoms with Gasteiger partial charge in [-0.05, 0) is 52.7 Å². The van der Waals surface area contributed by atoms with E-state index in [2.05, 4.69) is 75.0 Å². The normalized spacial score (nSPS) is 17.3. The zero-order valence-electron chi connectivity index (χ0n) is 14.5. The van der Waals surface area contributed by atoms with Gasteiger partial charge in [0.1, 0.15) is 12.0 Å². The van der Waals surface area contributed by atoms with Gasteiger partial charge in [0.2, 0.25) is 0 Å². The van der Waals surface area contributed by atoms with Crippen molar-refractivity contribution in [2.75, 3.05) is 13.6 Å². The van der Waals surface area contributed by atoms with Crippen LogP contribution in [0.1, 0.15) is 22.6 Å². The molecule has 1 atom stereocenters. The Morgan fingerprint density at radius 2 is 2.08 bits per heavy atom. The molecule has 0 bridgehead atoms. The van der Waals surface area contributed by atoms with E-state index in [0.717, 1.165) is 24.3 Å². The lowest BCUT2D eigenvalue weighted by Crippen LogP contribution is -2.31. The molecule has 4 nitrogen and oxygen atoms in total. The zero-order chi connectivity index (χ0) is 17.5. The van der Waals surface area contributed by atoms with Crippen LogP contribution in [0.2, 0.25) is 0 Å². The van der Waals surface area contributed by atoms with Gasteiger partial charge in [-0.15, -0.1) is 21.5 Å². The fraction of sp³-hybridized carbons (Fsp3) is 0.190. The molecule has 0 spiro atoms. The van der Waals surface area contributed by atoms with E-state index in [4.69, 9.17) is 0 Å². The van der Waals surface area contributed by atoms with Gasteiger partial charge in [0.15, 0.2) is 0 Å². The molecule has 5 rings (SSSR count). The van der Waals surface area contributed by atoms with Crippen LogP contribution < -0.4 is 0 Å². The molecule has 2 aromatic carbocycles. The summed E-state index contributed by atoms with van der Waals surface area (Å²) in [7, 11) is 2.19. The average molecular weight is 358 g/mol. The predicted molar refractivity (Wildman–Crippen MR) is 105 cm³/mol. The maximum absolute atomic E-state index is 4.20. The van der Waals surface area contributed by atoms with Gasteiger partial charge in [-0.25, -0.2) is 4.98 Å². The van der Waals surface area contributed by atoms with Crippen molar-refractivity contribution in [3.63, 3.8) is 0 Å². The molecule has 0 radical (unpaired) electrons. The van der Waals surface area contributed by atoms with Gasteiger partial charge in [0.25, 0.3) is 0 Å². The van der Waals surface area contributed by atoms with Crippen LogP contribution in [0, 0.1) is 0 Å². The number of benzene rings is 2. The third-order valence-corrected chi connectivity index (χ3v) is 5.99. The highest BCUT2D eigenvalue weighted by atomic mass is 32.1. The lowest BCUT2D eigenvalue weighted by molar-refractivity contribution is 0.295. The molecule has 0 N–H and O–H groups in total. The molecule has 2 aromatic heterocycles. The molecular weight excluding hydrogens is 340 g/mol. The molecule has 1 unspecified atom stereocenters. The first-order chi connectivity index (χ1) is 12.8. The summed E-state index contributed by atoms with van der Waals surface area (Å²) >= 11 is 1.81. The van der Waals surface area contributed by atoms with Crippen molar-refractivity contribution in [1.29, 1.82) is 0 Å². The number of likely N-dealkylation sites (N-methyl/N-ethyl adjacent to an activating group) is 1. The molecule has 0 saturated carbocycles. The fourth-order valence-electron chi connectivity index (χ4n) is 3.86. The minimum absolute atomic E-state index is 0.393. The topological polar surface area (TPSA) is 41.9 Å². The molecule has 0 aliphatic carbocycles. The standard InChI is InChI=1S/C21H18N4S/c1-25-11-17-8-16(20-10-22-13-23-24-20)4-5-18(17)19(12-25)15-3-2-14-6-7-26-21(14)9-15/h2-10,13,19H,11-12H2,1H3. The largest absolute Gasteiger partial charge is 0.301 e. The van der Waals surface area contributed by atoms with Crippen LogP contribution in [-0.4, -0.2) is 33.7 Å². The Bertz CT molecular complexity index is 1070. The Hall–Kier alpha value is -2.63. The second-order valence-corrected chi connectivity index (χ2v) is 7.82. The third-order valence-electron chi connectivity index (χ3n) is 5.11. The second-order valence-electron chi connectivity index (χ2n) is 6.88. The van der Waals surface area contributed by atoms with E-state index in [1.165, 1.54) is 33.1 Å². The van der Waals surface area contributed by atoms with Gasteiger partial charge < -0.3 is 4.90 Å². The number of thiophene rings is 1. The maximum Gasteiger partial charge on any atom is 0.138 e. The van der Waals surface area contributed by atoms with E-state index in [0.29, 0.717) is 5.92 Å². The van der Waals surface area contributed by atoms with E-state index in [-0.39, 0.29) is 0 Å². The Kier molecular flexibility index (Phi) is 3.76. The first-order valence-corrected chi connectivity index (χ1v) is 9.57. The van der Waals surface area contributed by atoms with Crippen molar-refractivity contribution in [3.8, 4) is 11.3 Å². The number of fused-ring (bicyclic) bond motifs is 2. The SMILES string of the molecule is CN1Cc2cc(-c3cncnn3)ccc2C(c2ccc3ccsc3c2)C1. The first kappa shape index (κ1) is 15.6. The van der Waals surface area contributed by atoms with Crippen molar-refractivity contribution in [2.24, 2.45) is 0 Å². The van der Waals surface area contributed by atoms with E-state index in [1.807, 2.05) is 11.3 Å². The summed E-state index contributed by atoms with van der Waals surface area (Å²) in [5.41, 5.74) is 6.06. The molecule has 4 aromatic rings. The van der Waals surface area contributed by atoms with Crippen molar-refractivity contribution < 1.29 is 0 Å². The highest BCUT2D eigenvalue weighted by molar-refractivity contribution is 7.17. The van der Waals surface area contributed by atoms with Crippen LogP contribution in [0.3, 0.4) is 0 Å². The second kappa shape index (κ2) is 6.27. The van der Waals surface area contributed by atoms with E-state index < -0.39 is 0 Å². The molecule has 3 heterocycles. The van der Waals surface area contributed by atoms with Crippen LogP contribution in [0.25, 0.3) is 21.3 Å². The molecule has 1 aliphatic heterocycles. The Morgan fingerprint density at radius 1 is 1.12 bits per heavy atom. The summed E-state index contributed by atoms with van der Waals surface area (Å²) in [5.74, 6) is 0.393. The molecule has 1 aliphatic rings. The van der Waals surface area contributed by atoms with Crippen LogP contribution in [0.15, 0.2) is 60.4 Å². The van der Waals surface area contributed by atoms with Gasteiger partial charge >= 0.3 is 0 Å². The quantitative estimate of drug-likeness (QED) is 0.535. The Morgan fingerprint density at radius 3 is 2.96 bits per heavy atom. The Labute approximate surface area is 156 Å². The number of rotatable bonds is 2. The maximum atomic E-state index is 4.20. The van der Waals surface area contributed by atoms with Crippen LogP contribution >= 0.6 is 11.3 Å². The van der Waals surface area contributed by atoms with Gasteiger partial charge in [-0.1, -0.05) is 24.3 Å². The zero-order valence-corrected chi connectivity index (χ0v) is 15.3. The molecule has 5 heteroatoms. The lowest BCUT2D eigenvalue weighted by atomic mass is 9.84. The fourth-order valence-corrected chi connectivity index (χ4v) is 4.70. The van der Waals surface area contributed by atoms with Crippen molar-refractivity contribution in [1.82, 2.24) is 20.1 Å². The monoisotopic (exact) mass is 358 g/mol. The molecule has 0 fully saturated rings. The molecule has 26 heavy (non-hydrogen) atoms. The number of aromatic nitrogens is 3. The summed E-state index contributed by atoms with van der Waals surface area (Å²) in [6, 6.07) is 15.7. The average Bonchev–Trinajstić information content (AvgIpc) is 3.15. The summed E-state index contributed by atoms with van der Waals surface area (Å²) in [5, 5.41) is 11.6. The third kappa shape index (κ3) is 2.69. The molecule has 0 saturated heterocycles. The van der Waals surface area contributed by atoms with E-state index in [9.17, 15) is 0 Å². The van der Waals surface area contributed by atoms with Crippen molar-refractivity contribution >= 4 is 21.4 Å². The van der Waals surface area contributed by atoms with Crippen molar-refractivity contribution in [2.45, 2.75) is 12.5 Å². The number of nitrogens with zero attached hydrogens (tertiary/aromatic N) is 4. The van der Waals surface area contributed by atoms with Crippen LogP contribution in [0.5, 0.6) is 0 Å². The summed E-state index contributed by atoms with van der Waals surface area (Å²) in [6.45, 7) is 1.99. The molecule has 128 valence electrons. The highest BCUT2D eigenvalue weighted by Crippen LogP contribution is 2.36. The highest BCUT2D eigenvalue weighted by Gasteiger charge is 2.25. The van der Waals surface area contributed by atoms with E-state index in [1.54, 1.807) is 6.20 Å². The summed E-state index contributed by atoms with van der Waals surface area (Å²) in [4.78, 5) is 6.48. The minimum atomic E-state index is 0.393. The summed E-state index contributed by atoms with van der Waals surface area (Å²) in [6.07, 6.45) is 3.23. The lowest BCUT2D eigenvalue weighted by Gasteiger charge is -2.33. The van der Waals surface area contributed by atoms with Gasteiger partial charge in [0, 0.05) is 29.3 Å². The van der Waals surface area contributed by atoms with E-state index >= 15 is 0 Å². The van der Waals surface area contributed by atoms with Gasteiger partial charge in [0.05, 0.1) is 6.20 Å². The van der Waals surface area contributed by atoms with Crippen molar-refractivity contribution in [3.05, 3.63) is 77.1 Å². The molecule has 0 amide bonds. The van der Waals surface area contributed by atoms with Gasteiger partial charge in [-0.2, -0.15) is 0 Å². The van der Waals surface area contributed by atoms with Crippen LogP contribution in [-0.2, 0) is 6.54 Å². The van der Waals surface area contributed by atoms with Crippen LogP contribution in [0.4, 0.5) is 0 Å². The first-order valence-electron chi connectivity index (χ1n) is 8.69. The predicted octanol–water partition coefficient (Wildman–Crippen LogP) is 4.33. The smallest absolute Gasteiger partial charge is 0.138 e. The molecular formula is C21H18N4S.